The number of alkyl halides is 1. The van der Waals surface area contributed by atoms with Gasteiger partial charge in [0.25, 0.3) is 0 Å². The van der Waals surface area contributed by atoms with Gasteiger partial charge in [-0.1, -0.05) is 11.3 Å². The summed E-state index contributed by atoms with van der Waals surface area (Å²) in [5, 5.41) is 4.10. The minimum absolute atomic E-state index is 0.0775. The highest BCUT2D eigenvalue weighted by Crippen LogP contribution is 2.36. The Labute approximate surface area is 137 Å². The fourth-order valence-electron chi connectivity index (χ4n) is 2.73. The summed E-state index contributed by atoms with van der Waals surface area (Å²) in [4.78, 5) is 23.2. The zero-order valence-corrected chi connectivity index (χ0v) is 13.7. The van der Waals surface area contributed by atoms with Crippen LogP contribution in [-0.4, -0.2) is 34.3 Å². The molecule has 0 aromatic carbocycles. The molecule has 0 radical (unpaired) electrons. The number of carbonyl (C=O) groups is 1. The van der Waals surface area contributed by atoms with E-state index < -0.39 is 0 Å². The zero-order valence-electron chi connectivity index (χ0n) is 12.1. The SMILES string of the molecule is O=C(Nc1nccc2nc(N3CCCC(Cl)C3)sc12)C1CC1. The molecule has 2 aromatic heterocycles. The summed E-state index contributed by atoms with van der Waals surface area (Å²) in [6.45, 7) is 1.82. The van der Waals surface area contributed by atoms with Gasteiger partial charge in [-0.3, -0.25) is 4.79 Å². The maximum absolute atomic E-state index is 12.0. The highest BCUT2D eigenvalue weighted by molar-refractivity contribution is 7.22. The van der Waals surface area contributed by atoms with E-state index in [-0.39, 0.29) is 17.2 Å². The summed E-state index contributed by atoms with van der Waals surface area (Å²) in [5.41, 5.74) is 0.887. The van der Waals surface area contributed by atoms with Crippen LogP contribution in [0.2, 0.25) is 0 Å². The molecule has 3 heterocycles. The number of hydrogen-bond acceptors (Lipinski definition) is 5. The first-order chi connectivity index (χ1) is 10.7. The van der Waals surface area contributed by atoms with Crippen molar-refractivity contribution in [2.24, 2.45) is 5.92 Å². The van der Waals surface area contributed by atoms with Gasteiger partial charge in [0.05, 0.1) is 15.6 Å². The van der Waals surface area contributed by atoms with Crippen LogP contribution in [0.1, 0.15) is 25.7 Å². The first kappa shape index (κ1) is 14.2. The fraction of sp³-hybridized carbons (Fsp3) is 0.533. The van der Waals surface area contributed by atoms with Gasteiger partial charge in [0.2, 0.25) is 5.91 Å². The third-order valence-corrected chi connectivity index (χ3v) is 5.61. The van der Waals surface area contributed by atoms with Crippen molar-refractivity contribution >= 4 is 50.0 Å². The fourth-order valence-corrected chi connectivity index (χ4v) is 4.09. The number of anilines is 2. The van der Waals surface area contributed by atoms with E-state index >= 15 is 0 Å². The molecule has 0 bridgehead atoms. The standard InChI is InChI=1S/C15H17ClN4OS/c16-10-2-1-7-20(8-10)15-18-11-5-6-17-13(12(11)22-15)19-14(21)9-3-4-9/h5-6,9-10H,1-4,7-8H2,(H,17,19,21). The number of pyridine rings is 1. The van der Waals surface area contributed by atoms with Crippen LogP contribution in [0.5, 0.6) is 0 Å². The van der Waals surface area contributed by atoms with Crippen molar-refractivity contribution in [3.8, 4) is 0 Å². The van der Waals surface area contributed by atoms with Crippen molar-refractivity contribution in [1.29, 1.82) is 0 Å². The Morgan fingerprint density at radius 1 is 1.41 bits per heavy atom. The number of piperidine rings is 1. The lowest BCUT2D eigenvalue weighted by Crippen LogP contribution is -2.35. The zero-order chi connectivity index (χ0) is 15.1. The molecule has 1 atom stereocenters. The molecule has 4 rings (SSSR count). The van der Waals surface area contributed by atoms with Crippen molar-refractivity contribution < 1.29 is 4.79 Å². The monoisotopic (exact) mass is 336 g/mol. The van der Waals surface area contributed by atoms with Crippen LogP contribution >= 0.6 is 22.9 Å². The van der Waals surface area contributed by atoms with E-state index in [1.165, 1.54) is 0 Å². The highest BCUT2D eigenvalue weighted by atomic mass is 35.5. The second-order valence-electron chi connectivity index (χ2n) is 5.95. The molecule has 7 heteroatoms. The number of fused-ring (bicyclic) bond motifs is 1. The molecule has 1 aliphatic heterocycles. The van der Waals surface area contributed by atoms with Crippen LogP contribution in [0, 0.1) is 5.92 Å². The molecule has 1 aliphatic carbocycles. The van der Waals surface area contributed by atoms with Crippen molar-refractivity contribution in [1.82, 2.24) is 9.97 Å². The Morgan fingerprint density at radius 2 is 2.27 bits per heavy atom. The molecule has 2 aromatic rings. The molecule has 1 N–H and O–H groups in total. The number of rotatable bonds is 3. The summed E-state index contributed by atoms with van der Waals surface area (Å²) in [6, 6.07) is 1.89. The summed E-state index contributed by atoms with van der Waals surface area (Å²) in [5.74, 6) is 0.884. The van der Waals surface area contributed by atoms with E-state index in [1.54, 1.807) is 17.5 Å². The molecule has 1 saturated carbocycles. The number of halogens is 1. The minimum Gasteiger partial charge on any atom is -0.347 e. The Balaban J connectivity index is 1.63. The average molecular weight is 337 g/mol. The minimum atomic E-state index is 0.0775. The molecule has 0 spiro atoms. The molecule has 22 heavy (non-hydrogen) atoms. The lowest BCUT2D eigenvalue weighted by Gasteiger charge is -2.29. The van der Waals surface area contributed by atoms with Crippen molar-refractivity contribution in [3.63, 3.8) is 0 Å². The lowest BCUT2D eigenvalue weighted by atomic mass is 10.1. The van der Waals surface area contributed by atoms with Crippen molar-refractivity contribution in [2.45, 2.75) is 31.1 Å². The first-order valence-electron chi connectivity index (χ1n) is 7.66. The number of nitrogens with zero attached hydrogens (tertiary/aromatic N) is 3. The molecule has 5 nitrogen and oxygen atoms in total. The van der Waals surface area contributed by atoms with E-state index in [4.69, 9.17) is 16.6 Å². The number of thiazole rings is 1. The molecule has 1 saturated heterocycles. The van der Waals surface area contributed by atoms with Gasteiger partial charge < -0.3 is 10.2 Å². The number of amides is 1. The predicted molar refractivity (Wildman–Crippen MR) is 89.9 cm³/mol. The predicted octanol–water partition coefficient (Wildman–Crippen LogP) is 3.25. The van der Waals surface area contributed by atoms with Crippen molar-refractivity contribution in [2.75, 3.05) is 23.3 Å². The molecule has 116 valence electrons. The molecule has 1 unspecified atom stereocenters. The number of hydrogen-bond donors (Lipinski definition) is 1. The van der Waals surface area contributed by atoms with Crippen molar-refractivity contribution in [3.05, 3.63) is 12.3 Å². The van der Waals surface area contributed by atoms with E-state index in [1.807, 2.05) is 6.07 Å². The Kier molecular flexibility index (Phi) is 3.66. The van der Waals surface area contributed by atoms with Gasteiger partial charge in [0, 0.05) is 25.2 Å². The second kappa shape index (κ2) is 5.66. The second-order valence-corrected chi connectivity index (χ2v) is 7.55. The first-order valence-corrected chi connectivity index (χ1v) is 8.91. The quantitative estimate of drug-likeness (QED) is 0.874. The third-order valence-electron chi connectivity index (χ3n) is 4.12. The molecule has 2 aliphatic rings. The largest absolute Gasteiger partial charge is 0.347 e. The van der Waals surface area contributed by atoms with Gasteiger partial charge in [-0.2, -0.15) is 0 Å². The van der Waals surface area contributed by atoms with Gasteiger partial charge >= 0.3 is 0 Å². The molecule has 2 fully saturated rings. The van der Waals surface area contributed by atoms with Crippen LogP contribution in [0.3, 0.4) is 0 Å². The van der Waals surface area contributed by atoms with Gasteiger partial charge in [-0.25, -0.2) is 9.97 Å². The average Bonchev–Trinajstić information content (AvgIpc) is 3.26. The Bertz CT molecular complexity index is 715. The van der Waals surface area contributed by atoms with Gasteiger partial charge in [-0.15, -0.1) is 11.6 Å². The molecule has 1 amide bonds. The van der Waals surface area contributed by atoms with E-state index in [0.29, 0.717) is 5.82 Å². The van der Waals surface area contributed by atoms with Crippen LogP contribution in [0.15, 0.2) is 12.3 Å². The van der Waals surface area contributed by atoms with Crippen LogP contribution in [0.25, 0.3) is 10.2 Å². The highest BCUT2D eigenvalue weighted by Gasteiger charge is 2.30. The normalized spacial score (nSPS) is 22.0. The van der Waals surface area contributed by atoms with Crippen LogP contribution in [0.4, 0.5) is 10.9 Å². The van der Waals surface area contributed by atoms with E-state index in [0.717, 1.165) is 54.1 Å². The van der Waals surface area contributed by atoms with Gasteiger partial charge in [0.1, 0.15) is 0 Å². The van der Waals surface area contributed by atoms with E-state index in [2.05, 4.69) is 15.2 Å². The number of nitrogens with one attached hydrogen (secondary N) is 1. The summed E-state index contributed by atoms with van der Waals surface area (Å²) in [7, 11) is 0. The van der Waals surface area contributed by atoms with Gasteiger partial charge in [0.15, 0.2) is 10.9 Å². The molecular formula is C15H17ClN4OS. The maximum atomic E-state index is 12.0. The molecular weight excluding hydrogens is 320 g/mol. The lowest BCUT2D eigenvalue weighted by molar-refractivity contribution is -0.117. The number of carbonyl (C=O) groups excluding carboxylic acids is 1. The number of aromatic nitrogens is 2. The summed E-state index contributed by atoms with van der Waals surface area (Å²) >= 11 is 7.85. The smallest absolute Gasteiger partial charge is 0.228 e. The third kappa shape index (κ3) is 2.77. The summed E-state index contributed by atoms with van der Waals surface area (Å²) < 4.78 is 0.947. The summed E-state index contributed by atoms with van der Waals surface area (Å²) in [6.07, 6.45) is 5.83. The van der Waals surface area contributed by atoms with Gasteiger partial charge in [-0.05, 0) is 31.7 Å². The topological polar surface area (TPSA) is 58.1 Å². The maximum Gasteiger partial charge on any atom is 0.228 e. The van der Waals surface area contributed by atoms with Crippen LogP contribution < -0.4 is 10.2 Å². The van der Waals surface area contributed by atoms with Crippen LogP contribution in [-0.2, 0) is 4.79 Å². The van der Waals surface area contributed by atoms with E-state index in [9.17, 15) is 4.79 Å². The Hall–Kier alpha value is -1.40. The Morgan fingerprint density at radius 3 is 3.05 bits per heavy atom.